The van der Waals surface area contributed by atoms with Crippen molar-refractivity contribution in [2.75, 3.05) is 0 Å². The van der Waals surface area contributed by atoms with Gasteiger partial charge in [-0.2, -0.15) is 0 Å². The average molecular weight is 138 g/mol. The maximum Gasteiger partial charge on any atom is 0.0789 e. The van der Waals surface area contributed by atoms with Crippen LogP contribution in [0.3, 0.4) is 0 Å². The summed E-state index contributed by atoms with van der Waals surface area (Å²) >= 11 is 0. The van der Waals surface area contributed by atoms with Gasteiger partial charge < -0.3 is 5.11 Å². The van der Waals surface area contributed by atoms with Gasteiger partial charge in [0.2, 0.25) is 0 Å². The summed E-state index contributed by atoms with van der Waals surface area (Å²) in [6.45, 7) is 5.75. The van der Waals surface area contributed by atoms with E-state index in [1.54, 1.807) is 0 Å². The van der Waals surface area contributed by atoms with Gasteiger partial charge in [0.15, 0.2) is 0 Å². The first-order valence-corrected chi connectivity index (χ1v) is 3.76. The molecule has 0 fully saturated rings. The molecule has 0 aromatic rings. The monoisotopic (exact) mass is 138 g/mol. The lowest BCUT2D eigenvalue weighted by Crippen LogP contribution is -2.14. The van der Waals surface area contributed by atoms with Crippen LogP contribution in [-0.2, 0) is 0 Å². The van der Waals surface area contributed by atoms with E-state index in [1.807, 2.05) is 6.92 Å². The van der Waals surface area contributed by atoms with Gasteiger partial charge in [0.25, 0.3) is 0 Å². The minimum absolute atomic E-state index is 0.244. The summed E-state index contributed by atoms with van der Waals surface area (Å²) in [6, 6.07) is 0. The molecule has 1 heteroatoms. The molecule has 0 saturated carbocycles. The van der Waals surface area contributed by atoms with E-state index in [-0.39, 0.29) is 6.10 Å². The van der Waals surface area contributed by atoms with Crippen LogP contribution >= 0.6 is 0 Å². The smallest absolute Gasteiger partial charge is 0.0789 e. The van der Waals surface area contributed by atoms with Crippen molar-refractivity contribution in [1.82, 2.24) is 0 Å². The number of hydrogen-bond donors (Lipinski definition) is 1. The molecule has 0 spiro atoms. The Morgan fingerprint density at radius 3 is 2.90 bits per heavy atom. The Hall–Kier alpha value is -0.560. The van der Waals surface area contributed by atoms with E-state index in [2.05, 4.69) is 12.7 Å². The van der Waals surface area contributed by atoms with Crippen LogP contribution in [0.5, 0.6) is 0 Å². The van der Waals surface area contributed by atoms with Crippen LogP contribution in [0.4, 0.5) is 0 Å². The highest BCUT2D eigenvalue weighted by molar-refractivity contribution is 5.30. The second-order valence-corrected chi connectivity index (χ2v) is 2.89. The summed E-state index contributed by atoms with van der Waals surface area (Å²) in [5.74, 6) is 0. The largest absolute Gasteiger partial charge is 0.388 e. The van der Waals surface area contributed by atoms with E-state index >= 15 is 0 Å². The van der Waals surface area contributed by atoms with Crippen LogP contribution in [0, 0.1) is 0 Å². The average Bonchev–Trinajstić information content (AvgIpc) is 1.88. The maximum atomic E-state index is 9.41. The number of hydrogen-bond acceptors (Lipinski definition) is 1. The number of rotatable bonds is 1. The molecule has 0 radical (unpaired) electrons. The predicted octanol–water partition coefficient (Wildman–Crippen LogP) is 2.03. The summed E-state index contributed by atoms with van der Waals surface area (Å²) in [7, 11) is 0. The van der Waals surface area contributed by atoms with Crippen molar-refractivity contribution in [1.29, 1.82) is 0 Å². The van der Waals surface area contributed by atoms with E-state index in [1.165, 1.54) is 0 Å². The van der Waals surface area contributed by atoms with Crippen molar-refractivity contribution >= 4 is 0 Å². The van der Waals surface area contributed by atoms with Gasteiger partial charge in [0.05, 0.1) is 6.10 Å². The van der Waals surface area contributed by atoms with Crippen LogP contribution in [0.1, 0.15) is 26.2 Å². The second-order valence-electron chi connectivity index (χ2n) is 2.89. The molecular formula is C9H14O. The fourth-order valence-electron chi connectivity index (χ4n) is 1.32. The Morgan fingerprint density at radius 2 is 2.50 bits per heavy atom. The van der Waals surface area contributed by atoms with Gasteiger partial charge in [0, 0.05) is 0 Å². The molecule has 0 saturated heterocycles. The molecule has 1 N–H and O–H groups in total. The summed E-state index contributed by atoms with van der Waals surface area (Å²) in [6.07, 6.45) is 4.96. The zero-order valence-corrected chi connectivity index (χ0v) is 6.43. The van der Waals surface area contributed by atoms with Gasteiger partial charge in [-0.05, 0) is 31.8 Å². The molecule has 1 unspecified atom stereocenters. The van der Waals surface area contributed by atoms with Crippen molar-refractivity contribution in [3.63, 3.8) is 0 Å². The van der Waals surface area contributed by atoms with Gasteiger partial charge in [-0.1, -0.05) is 18.2 Å². The third kappa shape index (κ3) is 1.48. The molecule has 56 valence electrons. The first-order valence-electron chi connectivity index (χ1n) is 3.76. The van der Waals surface area contributed by atoms with Gasteiger partial charge in [-0.25, -0.2) is 0 Å². The Kier molecular flexibility index (Phi) is 2.28. The fourth-order valence-corrected chi connectivity index (χ4v) is 1.32. The minimum Gasteiger partial charge on any atom is -0.388 e. The topological polar surface area (TPSA) is 20.2 Å². The van der Waals surface area contributed by atoms with E-state index in [4.69, 9.17) is 0 Å². The number of aliphatic hydroxyl groups is 1. The zero-order valence-electron chi connectivity index (χ0n) is 6.43. The third-order valence-electron chi connectivity index (χ3n) is 1.90. The quantitative estimate of drug-likeness (QED) is 0.588. The van der Waals surface area contributed by atoms with E-state index in [0.717, 1.165) is 30.4 Å². The zero-order chi connectivity index (χ0) is 7.56. The van der Waals surface area contributed by atoms with Crippen molar-refractivity contribution in [2.24, 2.45) is 0 Å². The molecule has 0 amide bonds. The Morgan fingerprint density at radius 1 is 1.80 bits per heavy atom. The number of allylic oxidation sites excluding steroid dienone is 1. The van der Waals surface area contributed by atoms with Crippen LogP contribution in [0.2, 0.25) is 0 Å². The lowest BCUT2D eigenvalue weighted by atomic mass is 9.92. The molecule has 1 aliphatic rings. The highest BCUT2D eigenvalue weighted by Gasteiger charge is 2.13. The molecule has 1 aliphatic carbocycles. The van der Waals surface area contributed by atoms with Crippen molar-refractivity contribution in [2.45, 2.75) is 32.3 Å². The van der Waals surface area contributed by atoms with Gasteiger partial charge in [-0.15, -0.1) is 0 Å². The van der Waals surface area contributed by atoms with Crippen LogP contribution in [-0.4, -0.2) is 11.2 Å². The molecule has 1 rings (SSSR count). The van der Waals surface area contributed by atoms with Gasteiger partial charge in [0.1, 0.15) is 0 Å². The van der Waals surface area contributed by atoms with E-state index < -0.39 is 0 Å². The summed E-state index contributed by atoms with van der Waals surface area (Å²) in [5.41, 5.74) is 2.05. The molecule has 0 aliphatic heterocycles. The highest BCUT2D eigenvalue weighted by Crippen LogP contribution is 2.22. The minimum atomic E-state index is -0.244. The maximum absolute atomic E-state index is 9.41. The molecule has 0 heterocycles. The predicted molar refractivity (Wildman–Crippen MR) is 42.8 cm³/mol. The lowest BCUT2D eigenvalue weighted by molar-refractivity contribution is 0.194. The fraction of sp³-hybridized carbons (Fsp3) is 0.556. The molecular weight excluding hydrogens is 124 g/mol. The van der Waals surface area contributed by atoms with Crippen molar-refractivity contribution < 1.29 is 5.11 Å². The molecule has 1 atom stereocenters. The Bertz CT molecular complexity index is 168. The van der Waals surface area contributed by atoms with E-state index in [0.29, 0.717) is 0 Å². The van der Waals surface area contributed by atoms with E-state index in [9.17, 15) is 5.11 Å². The Balaban J connectivity index is 2.71. The SMILES string of the molecule is C=C(C)C1=CCCCC1O. The number of aliphatic hydroxyl groups excluding tert-OH is 1. The van der Waals surface area contributed by atoms with Crippen LogP contribution in [0.25, 0.3) is 0 Å². The third-order valence-corrected chi connectivity index (χ3v) is 1.90. The van der Waals surface area contributed by atoms with Crippen LogP contribution < -0.4 is 0 Å². The first kappa shape index (κ1) is 7.55. The highest BCUT2D eigenvalue weighted by atomic mass is 16.3. The van der Waals surface area contributed by atoms with Crippen molar-refractivity contribution in [3.05, 3.63) is 23.8 Å². The lowest BCUT2D eigenvalue weighted by Gasteiger charge is -2.18. The normalized spacial score (nSPS) is 25.8. The Labute approximate surface area is 62.1 Å². The standard InChI is InChI=1S/C9H14O/c1-7(2)8-5-3-4-6-9(8)10/h5,9-10H,1,3-4,6H2,2H3. The molecule has 0 bridgehead atoms. The summed E-state index contributed by atoms with van der Waals surface area (Å²) in [4.78, 5) is 0. The summed E-state index contributed by atoms with van der Waals surface area (Å²) < 4.78 is 0. The molecule has 1 nitrogen and oxygen atoms in total. The second kappa shape index (κ2) is 3.02. The molecule has 0 aromatic heterocycles. The molecule has 0 aromatic carbocycles. The van der Waals surface area contributed by atoms with Crippen molar-refractivity contribution in [3.8, 4) is 0 Å². The first-order chi connectivity index (χ1) is 4.72. The van der Waals surface area contributed by atoms with Gasteiger partial charge in [-0.3, -0.25) is 0 Å². The summed E-state index contributed by atoms with van der Waals surface area (Å²) in [5, 5.41) is 9.41. The van der Waals surface area contributed by atoms with Gasteiger partial charge >= 0.3 is 0 Å². The van der Waals surface area contributed by atoms with Crippen LogP contribution in [0.15, 0.2) is 23.8 Å². The molecule has 10 heavy (non-hydrogen) atoms.